The highest BCUT2D eigenvalue weighted by Gasteiger charge is 2.19. The van der Waals surface area contributed by atoms with E-state index in [1.165, 1.54) is 0 Å². The van der Waals surface area contributed by atoms with Gasteiger partial charge in [0.2, 0.25) is 0 Å². The van der Waals surface area contributed by atoms with Gasteiger partial charge in [-0.3, -0.25) is 0 Å². The normalized spacial score (nSPS) is 12.2. The van der Waals surface area contributed by atoms with Gasteiger partial charge in [0.1, 0.15) is 5.75 Å². The van der Waals surface area contributed by atoms with E-state index in [4.69, 9.17) is 27.9 Å². The lowest BCUT2D eigenvalue weighted by atomic mass is 9.99. The first-order chi connectivity index (χ1) is 9.54. The van der Waals surface area contributed by atoms with Gasteiger partial charge in [0.05, 0.1) is 12.0 Å². The van der Waals surface area contributed by atoms with Crippen LogP contribution in [-0.2, 0) is 0 Å². The average molecular weight is 374 g/mol. The standard InChI is InChI=1S/C16H15BrCl2O/c1-3-20-15-8-7-11(17)9-13(15)16(19)12-5-4-6-14(18)10(12)2/h4-9,16H,3H2,1-2H3. The maximum absolute atomic E-state index is 6.66. The van der Waals surface area contributed by atoms with E-state index in [1.54, 1.807) is 0 Å². The van der Waals surface area contributed by atoms with E-state index >= 15 is 0 Å². The van der Waals surface area contributed by atoms with Gasteiger partial charge in [-0.2, -0.15) is 0 Å². The van der Waals surface area contributed by atoms with Gasteiger partial charge in [-0.25, -0.2) is 0 Å². The summed E-state index contributed by atoms with van der Waals surface area (Å²) in [5.74, 6) is 0.801. The molecule has 0 aromatic heterocycles. The van der Waals surface area contributed by atoms with Crippen molar-refractivity contribution < 1.29 is 4.74 Å². The topological polar surface area (TPSA) is 9.23 Å². The first kappa shape index (κ1) is 15.7. The van der Waals surface area contributed by atoms with E-state index in [0.29, 0.717) is 6.61 Å². The summed E-state index contributed by atoms with van der Waals surface area (Å²) in [6.45, 7) is 4.54. The molecule has 0 spiro atoms. The van der Waals surface area contributed by atoms with Crippen LogP contribution in [0.3, 0.4) is 0 Å². The fourth-order valence-electron chi connectivity index (χ4n) is 2.07. The lowest BCUT2D eigenvalue weighted by Gasteiger charge is -2.18. The molecule has 0 aliphatic carbocycles. The Morgan fingerprint density at radius 3 is 2.65 bits per heavy atom. The van der Waals surface area contributed by atoms with Crippen LogP contribution >= 0.6 is 39.1 Å². The molecule has 0 bridgehead atoms. The van der Waals surface area contributed by atoms with Crippen LogP contribution in [-0.4, -0.2) is 6.61 Å². The number of hydrogen-bond donors (Lipinski definition) is 0. The third-order valence-electron chi connectivity index (χ3n) is 3.13. The van der Waals surface area contributed by atoms with Crippen LogP contribution in [0.1, 0.15) is 29.0 Å². The molecule has 2 aromatic carbocycles. The molecule has 0 aliphatic rings. The highest BCUT2D eigenvalue weighted by atomic mass is 79.9. The Hall–Kier alpha value is -0.700. The monoisotopic (exact) mass is 372 g/mol. The largest absolute Gasteiger partial charge is 0.494 e. The summed E-state index contributed by atoms with van der Waals surface area (Å²) in [5, 5.41) is 0.425. The summed E-state index contributed by atoms with van der Waals surface area (Å²) in [6, 6.07) is 11.6. The summed E-state index contributed by atoms with van der Waals surface area (Å²) in [4.78, 5) is 0. The molecule has 20 heavy (non-hydrogen) atoms. The Morgan fingerprint density at radius 2 is 1.95 bits per heavy atom. The van der Waals surface area contributed by atoms with Crippen molar-refractivity contribution in [2.45, 2.75) is 19.2 Å². The molecule has 0 saturated carbocycles. The van der Waals surface area contributed by atoms with Crippen molar-refractivity contribution in [3.8, 4) is 5.75 Å². The Bertz CT molecular complexity index is 613. The maximum atomic E-state index is 6.66. The molecule has 0 amide bonds. The summed E-state index contributed by atoms with van der Waals surface area (Å²) in [6.07, 6.45) is 0. The van der Waals surface area contributed by atoms with Crippen molar-refractivity contribution in [1.82, 2.24) is 0 Å². The Kier molecular flexibility index (Phi) is 5.36. The molecule has 0 heterocycles. The average Bonchev–Trinajstić information content (AvgIpc) is 2.43. The highest BCUT2D eigenvalue weighted by molar-refractivity contribution is 9.10. The molecular formula is C16H15BrCl2O. The summed E-state index contributed by atoms with van der Waals surface area (Å²) in [7, 11) is 0. The van der Waals surface area contributed by atoms with Crippen LogP contribution in [0, 0.1) is 6.92 Å². The molecule has 2 rings (SSSR count). The predicted molar refractivity (Wildman–Crippen MR) is 89.2 cm³/mol. The zero-order valence-electron chi connectivity index (χ0n) is 11.3. The van der Waals surface area contributed by atoms with Crippen molar-refractivity contribution in [3.63, 3.8) is 0 Å². The van der Waals surface area contributed by atoms with Crippen molar-refractivity contribution in [2.75, 3.05) is 6.61 Å². The lowest BCUT2D eigenvalue weighted by molar-refractivity contribution is 0.337. The Morgan fingerprint density at radius 1 is 1.20 bits per heavy atom. The van der Waals surface area contributed by atoms with E-state index in [-0.39, 0.29) is 5.38 Å². The van der Waals surface area contributed by atoms with E-state index in [0.717, 1.165) is 31.9 Å². The Labute approximate surface area is 138 Å². The fourth-order valence-corrected chi connectivity index (χ4v) is 3.04. The molecular weight excluding hydrogens is 359 g/mol. The van der Waals surface area contributed by atoms with Crippen LogP contribution in [0.2, 0.25) is 5.02 Å². The second kappa shape index (κ2) is 6.84. The van der Waals surface area contributed by atoms with Crippen LogP contribution in [0.5, 0.6) is 5.75 Å². The zero-order valence-corrected chi connectivity index (χ0v) is 14.4. The zero-order chi connectivity index (χ0) is 14.7. The van der Waals surface area contributed by atoms with Crippen molar-refractivity contribution in [1.29, 1.82) is 0 Å². The maximum Gasteiger partial charge on any atom is 0.124 e. The van der Waals surface area contributed by atoms with E-state index < -0.39 is 0 Å². The van der Waals surface area contributed by atoms with Crippen LogP contribution in [0.15, 0.2) is 40.9 Å². The van der Waals surface area contributed by atoms with Crippen LogP contribution in [0.25, 0.3) is 0 Å². The van der Waals surface area contributed by atoms with E-state index in [1.807, 2.05) is 50.2 Å². The van der Waals surface area contributed by atoms with Crippen molar-refractivity contribution in [2.24, 2.45) is 0 Å². The first-order valence-corrected chi connectivity index (χ1v) is 7.96. The lowest BCUT2D eigenvalue weighted by Crippen LogP contribution is -2.02. The first-order valence-electron chi connectivity index (χ1n) is 6.36. The second-order valence-electron chi connectivity index (χ2n) is 4.43. The van der Waals surface area contributed by atoms with Gasteiger partial charge in [0.25, 0.3) is 0 Å². The molecule has 0 fully saturated rings. The minimum absolute atomic E-state index is 0.298. The number of alkyl halides is 1. The molecule has 1 nitrogen and oxygen atoms in total. The molecule has 4 heteroatoms. The third kappa shape index (κ3) is 3.30. The van der Waals surface area contributed by atoms with Crippen LogP contribution < -0.4 is 4.74 Å². The summed E-state index contributed by atoms with van der Waals surface area (Å²) in [5.41, 5.74) is 2.93. The van der Waals surface area contributed by atoms with E-state index in [2.05, 4.69) is 15.9 Å². The number of benzene rings is 2. The van der Waals surface area contributed by atoms with Crippen LogP contribution in [0.4, 0.5) is 0 Å². The number of halogens is 3. The van der Waals surface area contributed by atoms with Gasteiger partial charge >= 0.3 is 0 Å². The molecule has 0 radical (unpaired) electrons. The molecule has 2 aromatic rings. The fraction of sp³-hybridized carbons (Fsp3) is 0.250. The van der Waals surface area contributed by atoms with Gasteiger partial charge in [-0.05, 0) is 49.2 Å². The second-order valence-corrected chi connectivity index (χ2v) is 6.19. The van der Waals surface area contributed by atoms with Gasteiger partial charge in [0, 0.05) is 15.1 Å². The summed E-state index contributed by atoms with van der Waals surface area (Å²) < 4.78 is 6.64. The SMILES string of the molecule is CCOc1ccc(Br)cc1C(Cl)c1cccc(Cl)c1C. The smallest absolute Gasteiger partial charge is 0.124 e. The minimum Gasteiger partial charge on any atom is -0.494 e. The summed E-state index contributed by atoms with van der Waals surface area (Å²) >= 11 is 16.3. The van der Waals surface area contributed by atoms with Gasteiger partial charge in [-0.1, -0.05) is 39.7 Å². The minimum atomic E-state index is -0.298. The van der Waals surface area contributed by atoms with Crippen molar-refractivity contribution >= 4 is 39.1 Å². The highest BCUT2D eigenvalue weighted by Crippen LogP contribution is 2.39. The van der Waals surface area contributed by atoms with Gasteiger partial charge in [-0.15, -0.1) is 11.6 Å². The number of rotatable bonds is 4. The third-order valence-corrected chi connectivity index (χ3v) is 4.50. The molecule has 0 aliphatic heterocycles. The van der Waals surface area contributed by atoms with Crippen molar-refractivity contribution in [3.05, 3.63) is 62.6 Å². The molecule has 1 unspecified atom stereocenters. The number of hydrogen-bond acceptors (Lipinski definition) is 1. The van der Waals surface area contributed by atoms with Gasteiger partial charge in [0.15, 0.2) is 0 Å². The quantitative estimate of drug-likeness (QED) is 0.585. The molecule has 0 N–H and O–H groups in total. The van der Waals surface area contributed by atoms with Gasteiger partial charge < -0.3 is 4.74 Å². The van der Waals surface area contributed by atoms with E-state index in [9.17, 15) is 0 Å². The molecule has 1 atom stereocenters. The molecule has 106 valence electrons. The number of ether oxygens (including phenoxy) is 1. The Balaban J connectivity index is 2.49. The predicted octanol–water partition coefficient (Wildman–Crippen LogP) is 6.14. The molecule has 0 saturated heterocycles.